The number of nitrogens with one attached hydrogen (secondary N) is 1. The van der Waals surface area contributed by atoms with Gasteiger partial charge in [0.25, 0.3) is 0 Å². The topological polar surface area (TPSA) is 58.4 Å². The molecule has 0 saturated carbocycles. The van der Waals surface area contributed by atoms with Crippen molar-refractivity contribution in [2.45, 2.75) is 19.9 Å². The zero-order valence-electron chi connectivity index (χ0n) is 9.60. The van der Waals surface area contributed by atoms with Gasteiger partial charge in [-0.1, -0.05) is 13.8 Å². The molecule has 1 aliphatic heterocycles. The molecule has 1 heterocycles. The number of nitrogens with zero attached hydrogens (tertiary/aromatic N) is 1. The van der Waals surface area contributed by atoms with Gasteiger partial charge in [0.15, 0.2) is 0 Å². The van der Waals surface area contributed by atoms with Crippen molar-refractivity contribution in [3.8, 4) is 0 Å². The molecular weight excluding hydrogens is 202 g/mol. The summed E-state index contributed by atoms with van der Waals surface area (Å²) in [6, 6.07) is 5.42. The average molecular weight is 219 g/mol. The standard InChI is InChI=1S/C12H17N3O/c1-8(2)6-15-12-4-3-9(13)5-10(12)11(7-16)14-15/h3-5,7-8,11,14H,6,13H2,1-2H3. The molecule has 0 aliphatic carbocycles. The van der Waals surface area contributed by atoms with Gasteiger partial charge in [-0.05, 0) is 24.1 Å². The van der Waals surface area contributed by atoms with Crippen LogP contribution in [0.2, 0.25) is 0 Å². The van der Waals surface area contributed by atoms with Crippen LogP contribution in [0.4, 0.5) is 11.4 Å². The second-order valence-corrected chi connectivity index (χ2v) is 4.57. The molecule has 3 N–H and O–H groups in total. The number of benzene rings is 1. The lowest BCUT2D eigenvalue weighted by Gasteiger charge is -2.21. The Morgan fingerprint density at radius 1 is 1.56 bits per heavy atom. The number of hydrazine groups is 1. The molecular formula is C12H17N3O. The number of hydrogen-bond acceptors (Lipinski definition) is 4. The number of carbonyl (C=O) groups excluding carboxylic acids is 1. The van der Waals surface area contributed by atoms with Crippen molar-refractivity contribution in [1.29, 1.82) is 0 Å². The minimum absolute atomic E-state index is 0.266. The lowest BCUT2D eigenvalue weighted by atomic mass is 10.1. The molecule has 0 bridgehead atoms. The molecule has 2 rings (SSSR count). The van der Waals surface area contributed by atoms with Gasteiger partial charge in [0, 0.05) is 17.8 Å². The summed E-state index contributed by atoms with van der Waals surface area (Å²) in [5.74, 6) is 0.531. The first-order valence-electron chi connectivity index (χ1n) is 5.50. The van der Waals surface area contributed by atoms with E-state index < -0.39 is 0 Å². The predicted octanol–water partition coefficient (Wildman–Crippen LogP) is 1.49. The Balaban J connectivity index is 2.34. The summed E-state index contributed by atoms with van der Waals surface area (Å²) >= 11 is 0. The Bertz CT molecular complexity index is 403. The minimum Gasteiger partial charge on any atom is -0.399 e. The molecule has 0 radical (unpaired) electrons. The zero-order chi connectivity index (χ0) is 11.7. The molecule has 0 aromatic heterocycles. The highest BCUT2D eigenvalue weighted by Crippen LogP contribution is 2.33. The summed E-state index contributed by atoms with van der Waals surface area (Å²) in [5.41, 5.74) is 11.6. The van der Waals surface area contributed by atoms with Gasteiger partial charge in [-0.3, -0.25) is 0 Å². The van der Waals surface area contributed by atoms with Crippen LogP contribution in [-0.2, 0) is 4.79 Å². The molecule has 0 amide bonds. The van der Waals surface area contributed by atoms with E-state index in [9.17, 15) is 4.79 Å². The van der Waals surface area contributed by atoms with E-state index in [0.29, 0.717) is 11.6 Å². The van der Waals surface area contributed by atoms with Crippen LogP contribution in [0.25, 0.3) is 0 Å². The number of aldehydes is 1. The Labute approximate surface area is 95.4 Å². The van der Waals surface area contributed by atoms with Crippen LogP contribution in [0.5, 0.6) is 0 Å². The van der Waals surface area contributed by atoms with E-state index in [0.717, 1.165) is 24.1 Å². The smallest absolute Gasteiger partial charge is 0.143 e. The van der Waals surface area contributed by atoms with Crippen molar-refractivity contribution < 1.29 is 4.79 Å². The average Bonchev–Trinajstić information content (AvgIpc) is 2.55. The van der Waals surface area contributed by atoms with E-state index in [2.05, 4.69) is 19.3 Å². The van der Waals surface area contributed by atoms with Crippen molar-refractivity contribution in [3.05, 3.63) is 23.8 Å². The fourth-order valence-corrected chi connectivity index (χ4v) is 1.99. The van der Waals surface area contributed by atoms with E-state index in [-0.39, 0.29) is 6.04 Å². The highest BCUT2D eigenvalue weighted by atomic mass is 16.1. The Hall–Kier alpha value is -1.55. The van der Waals surface area contributed by atoms with Crippen molar-refractivity contribution in [3.63, 3.8) is 0 Å². The predicted molar refractivity (Wildman–Crippen MR) is 65.0 cm³/mol. The molecule has 4 heteroatoms. The third-order valence-corrected chi connectivity index (χ3v) is 2.66. The second-order valence-electron chi connectivity index (χ2n) is 4.57. The molecule has 16 heavy (non-hydrogen) atoms. The highest BCUT2D eigenvalue weighted by Gasteiger charge is 2.27. The van der Waals surface area contributed by atoms with E-state index in [1.165, 1.54) is 0 Å². The fourth-order valence-electron chi connectivity index (χ4n) is 1.99. The number of rotatable bonds is 3. The lowest BCUT2D eigenvalue weighted by Crippen LogP contribution is -2.37. The number of nitrogens with two attached hydrogens (primary N) is 1. The molecule has 4 nitrogen and oxygen atoms in total. The minimum atomic E-state index is -0.266. The van der Waals surface area contributed by atoms with Gasteiger partial charge in [0.1, 0.15) is 12.3 Å². The molecule has 86 valence electrons. The number of carbonyl (C=O) groups is 1. The Kier molecular flexibility index (Phi) is 2.83. The largest absolute Gasteiger partial charge is 0.399 e. The number of hydrogen-bond donors (Lipinski definition) is 2. The summed E-state index contributed by atoms with van der Waals surface area (Å²) in [4.78, 5) is 11.0. The summed E-state index contributed by atoms with van der Waals surface area (Å²) < 4.78 is 0. The third-order valence-electron chi connectivity index (χ3n) is 2.66. The van der Waals surface area contributed by atoms with Gasteiger partial charge in [-0.2, -0.15) is 0 Å². The molecule has 1 aromatic carbocycles. The van der Waals surface area contributed by atoms with Crippen LogP contribution in [0.3, 0.4) is 0 Å². The maximum Gasteiger partial charge on any atom is 0.143 e. The first-order valence-corrected chi connectivity index (χ1v) is 5.50. The van der Waals surface area contributed by atoms with Gasteiger partial charge < -0.3 is 15.5 Å². The van der Waals surface area contributed by atoms with Gasteiger partial charge in [-0.25, -0.2) is 5.43 Å². The Morgan fingerprint density at radius 3 is 2.94 bits per heavy atom. The SMILES string of the molecule is CC(C)CN1NC(C=O)c2cc(N)ccc21. The van der Waals surface area contributed by atoms with Crippen LogP contribution in [0.1, 0.15) is 25.5 Å². The molecule has 1 aromatic rings. The normalized spacial score (nSPS) is 18.9. The molecule has 1 aliphatic rings. The second kappa shape index (κ2) is 4.14. The van der Waals surface area contributed by atoms with Crippen LogP contribution in [0.15, 0.2) is 18.2 Å². The quantitative estimate of drug-likeness (QED) is 0.597. The molecule has 1 atom stereocenters. The summed E-state index contributed by atoms with van der Waals surface area (Å²) in [6.45, 7) is 5.17. The van der Waals surface area contributed by atoms with E-state index in [1.807, 2.05) is 23.2 Å². The summed E-state index contributed by atoms with van der Waals surface area (Å²) in [5, 5.41) is 2.03. The molecule has 0 fully saturated rings. The lowest BCUT2D eigenvalue weighted by molar-refractivity contribution is -0.109. The van der Waals surface area contributed by atoms with Crippen molar-refractivity contribution >= 4 is 17.7 Å². The van der Waals surface area contributed by atoms with Crippen LogP contribution >= 0.6 is 0 Å². The van der Waals surface area contributed by atoms with Gasteiger partial charge >= 0.3 is 0 Å². The maximum atomic E-state index is 11.0. The molecule has 0 saturated heterocycles. The van der Waals surface area contributed by atoms with Crippen molar-refractivity contribution in [2.75, 3.05) is 17.3 Å². The van der Waals surface area contributed by atoms with Gasteiger partial charge in [0.2, 0.25) is 0 Å². The van der Waals surface area contributed by atoms with E-state index in [1.54, 1.807) is 0 Å². The molecule has 1 unspecified atom stereocenters. The van der Waals surface area contributed by atoms with Gasteiger partial charge in [0.05, 0.1) is 5.69 Å². The monoisotopic (exact) mass is 219 g/mol. The van der Waals surface area contributed by atoms with Crippen LogP contribution in [0, 0.1) is 5.92 Å². The van der Waals surface area contributed by atoms with Crippen LogP contribution in [-0.4, -0.2) is 12.8 Å². The zero-order valence-corrected chi connectivity index (χ0v) is 9.60. The van der Waals surface area contributed by atoms with E-state index in [4.69, 9.17) is 5.73 Å². The Morgan fingerprint density at radius 2 is 2.31 bits per heavy atom. The van der Waals surface area contributed by atoms with Crippen LogP contribution < -0.4 is 16.2 Å². The summed E-state index contributed by atoms with van der Waals surface area (Å²) in [7, 11) is 0. The summed E-state index contributed by atoms with van der Waals surface area (Å²) in [6.07, 6.45) is 0.915. The van der Waals surface area contributed by atoms with E-state index >= 15 is 0 Å². The number of fused-ring (bicyclic) bond motifs is 1. The molecule has 0 spiro atoms. The first kappa shape index (κ1) is 11.0. The maximum absolute atomic E-state index is 11.0. The first-order chi connectivity index (χ1) is 7.61. The number of anilines is 2. The van der Waals surface area contributed by atoms with Crippen molar-refractivity contribution in [2.24, 2.45) is 5.92 Å². The number of nitrogen functional groups attached to an aromatic ring is 1. The highest BCUT2D eigenvalue weighted by molar-refractivity contribution is 5.74. The van der Waals surface area contributed by atoms with Crippen molar-refractivity contribution in [1.82, 2.24) is 5.43 Å². The van der Waals surface area contributed by atoms with Gasteiger partial charge in [-0.15, -0.1) is 0 Å². The third kappa shape index (κ3) is 1.88. The fraction of sp³-hybridized carbons (Fsp3) is 0.417.